The van der Waals surface area contributed by atoms with E-state index >= 15 is 0 Å². The van der Waals surface area contributed by atoms with Gasteiger partial charge in [0.1, 0.15) is 5.78 Å². The number of aromatic nitrogens is 3. The van der Waals surface area contributed by atoms with Crippen LogP contribution in [0.1, 0.15) is 50.3 Å². The van der Waals surface area contributed by atoms with Gasteiger partial charge in [-0.15, -0.1) is 0 Å². The van der Waals surface area contributed by atoms with Crippen LogP contribution < -0.4 is 10.7 Å². The quantitative estimate of drug-likeness (QED) is 0.213. The van der Waals surface area contributed by atoms with Crippen molar-refractivity contribution in [2.45, 2.75) is 57.7 Å². The third kappa shape index (κ3) is 5.91. The minimum Gasteiger partial charge on any atom is -0.352 e. The monoisotopic (exact) mass is 569 g/mol. The molecule has 2 heterocycles. The Labute approximate surface area is 241 Å². The highest BCUT2D eigenvalue weighted by Crippen LogP contribution is 2.33. The number of carbonyl (C=O) groups excluding carboxylic acids is 1. The van der Waals surface area contributed by atoms with Gasteiger partial charge < -0.3 is 9.88 Å². The number of nitrogens with one attached hydrogen (secondary N) is 1. The fraction of sp³-hybridized carbons (Fsp3) is 0.273. The highest BCUT2D eigenvalue weighted by atomic mass is 19.4. The molecule has 9 heteroatoms. The van der Waals surface area contributed by atoms with Gasteiger partial charge in [-0.2, -0.15) is 13.2 Å². The molecular formula is C33H30F3N5O. The Hall–Kier alpha value is -4.53. The number of hydrogen-bond acceptors (Lipinski definition) is 5. The summed E-state index contributed by atoms with van der Waals surface area (Å²) in [5.74, 6) is 0.0472. The number of fused-ring (bicyclic) bond motifs is 2. The standard InChI is InChI=1S/C33H30F3N5O/c1-21(42)17-24-13-14-25(20-37-24)39-28-18-30-32(19-29(28)38-23-7-3-2-4-8-23)41(31-10-6-5-9-27(31)40-30)26-15-11-22(12-16-26)33(34,35)36/h5-6,9-16,18-20,23,39H,2-4,7-8,17H2,1H3. The molecule has 1 aromatic heterocycles. The predicted molar refractivity (Wildman–Crippen MR) is 157 cm³/mol. The topological polar surface area (TPSA) is 72.2 Å². The molecule has 42 heavy (non-hydrogen) atoms. The molecule has 2 aromatic carbocycles. The summed E-state index contributed by atoms with van der Waals surface area (Å²) in [7, 11) is 0. The number of para-hydroxylation sites is 2. The van der Waals surface area contributed by atoms with E-state index < -0.39 is 11.7 Å². The molecule has 6 nitrogen and oxygen atoms in total. The second-order valence-corrected chi connectivity index (χ2v) is 10.8. The van der Waals surface area contributed by atoms with E-state index in [1.165, 1.54) is 25.5 Å². The van der Waals surface area contributed by atoms with Gasteiger partial charge >= 0.3 is 6.18 Å². The number of alkyl halides is 3. The molecule has 1 N–H and O–H groups in total. The minimum absolute atomic E-state index is 0.0472. The Morgan fingerprint density at radius 2 is 1.76 bits per heavy atom. The van der Waals surface area contributed by atoms with E-state index in [1.807, 2.05) is 53.1 Å². The average molecular weight is 570 g/mol. The second kappa shape index (κ2) is 11.4. The number of benzene rings is 3. The molecule has 6 rings (SSSR count). The van der Waals surface area contributed by atoms with Crippen LogP contribution in [0.25, 0.3) is 28.1 Å². The van der Waals surface area contributed by atoms with Crippen molar-refractivity contribution in [3.63, 3.8) is 0 Å². The molecule has 1 saturated carbocycles. The van der Waals surface area contributed by atoms with E-state index in [4.69, 9.17) is 9.98 Å². The Kier molecular flexibility index (Phi) is 7.49. The second-order valence-electron chi connectivity index (χ2n) is 10.8. The molecule has 0 spiro atoms. The molecule has 3 aromatic rings. The van der Waals surface area contributed by atoms with Crippen LogP contribution in [0.3, 0.4) is 0 Å². The summed E-state index contributed by atoms with van der Waals surface area (Å²) in [6.07, 6.45) is 3.03. The fourth-order valence-corrected chi connectivity index (χ4v) is 5.55. The molecule has 0 saturated heterocycles. The fourth-order valence-electron chi connectivity index (χ4n) is 5.55. The van der Waals surface area contributed by atoms with Crippen LogP contribution in [0.15, 0.2) is 84.0 Å². The van der Waals surface area contributed by atoms with Crippen LogP contribution in [-0.4, -0.2) is 26.4 Å². The van der Waals surface area contributed by atoms with Crippen molar-refractivity contribution in [1.82, 2.24) is 14.5 Å². The first kappa shape index (κ1) is 27.6. The summed E-state index contributed by atoms with van der Waals surface area (Å²) >= 11 is 0. The Morgan fingerprint density at radius 1 is 1.00 bits per heavy atom. The third-order valence-corrected chi connectivity index (χ3v) is 7.58. The predicted octanol–water partition coefficient (Wildman–Crippen LogP) is 7.65. The lowest BCUT2D eigenvalue weighted by atomic mass is 9.96. The van der Waals surface area contributed by atoms with Gasteiger partial charge in [-0.25, -0.2) is 4.98 Å². The van der Waals surface area contributed by atoms with Gasteiger partial charge in [0.05, 0.1) is 57.0 Å². The van der Waals surface area contributed by atoms with Gasteiger partial charge in [0.15, 0.2) is 0 Å². The molecule has 0 unspecified atom stereocenters. The highest BCUT2D eigenvalue weighted by Gasteiger charge is 2.30. The van der Waals surface area contributed by atoms with Crippen LogP contribution in [0.5, 0.6) is 0 Å². The summed E-state index contributed by atoms with van der Waals surface area (Å²) in [4.78, 5) is 26.0. The number of ketones is 1. The van der Waals surface area contributed by atoms with Gasteiger partial charge in [0.25, 0.3) is 0 Å². The summed E-state index contributed by atoms with van der Waals surface area (Å²) in [5, 5.41) is 4.20. The minimum atomic E-state index is -4.42. The summed E-state index contributed by atoms with van der Waals surface area (Å²) in [6, 6.07) is 20.6. The van der Waals surface area contributed by atoms with Crippen molar-refractivity contribution in [2.24, 2.45) is 4.99 Å². The maximum Gasteiger partial charge on any atom is 0.416 e. The lowest BCUT2D eigenvalue weighted by Crippen LogP contribution is -2.19. The molecule has 1 aliphatic heterocycles. The van der Waals surface area contributed by atoms with E-state index in [1.54, 1.807) is 6.20 Å². The van der Waals surface area contributed by atoms with Crippen molar-refractivity contribution in [1.29, 1.82) is 0 Å². The largest absolute Gasteiger partial charge is 0.416 e. The number of pyridine rings is 1. The van der Waals surface area contributed by atoms with Crippen LogP contribution in [0.4, 0.5) is 24.5 Å². The zero-order valence-corrected chi connectivity index (χ0v) is 23.2. The SMILES string of the molecule is CC(=O)Cc1ccc(Nc2cc3nc4ccccc4n(-c4ccc(C(F)(F)F)cc4)c-3cc2=NC2CCCCC2)cn1. The number of Topliss-reactive ketones (excluding diaryl/α,β-unsaturated/α-hetero) is 1. The van der Waals surface area contributed by atoms with Crippen molar-refractivity contribution in [3.05, 3.63) is 95.6 Å². The van der Waals surface area contributed by atoms with Crippen molar-refractivity contribution >= 4 is 28.2 Å². The zero-order chi connectivity index (χ0) is 29.3. The maximum atomic E-state index is 13.3. The lowest BCUT2D eigenvalue weighted by molar-refractivity contribution is -0.137. The van der Waals surface area contributed by atoms with Gasteiger partial charge in [0.2, 0.25) is 0 Å². The Bertz CT molecular complexity index is 1770. The van der Waals surface area contributed by atoms with E-state index in [0.29, 0.717) is 22.6 Å². The lowest BCUT2D eigenvalue weighted by Gasteiger charge is -2.22. The Morgan fingerprint density at radius 3 is 2.45 bits per heavy atom. The zero-order valence-electron chi connectivity index (χ0n) is 23.2. The number of rotatable bonds is 6. The van der Waals surface area contributed by atoms with Crippen LogP contribution in [-0.2, 0) is 17.4 Å². The Balaban J connectivity index is 1.53. The molecule has 0 radical (unpaired) electrons. The van der Waals surface area contributed by atoms with E-state index in [-0.39, 0.29) is 18.2 Å². The first-order valence-electron chi connectivity index (χ1n) is 14.1. The first-order chi connectivity index (χ1) is 20.2. The number of halogens is 3. The van der Waals surface area contributed by atoms with Crippen molar-refractivity contribution in [3.8, 4) is 17.1 Å². The maximum absolute atomic E-state index is 13.3. The molecule has 0 atom stereocenters. The van der Waals surface area contributed by atoms with E-state index in [2.05, 4.69) is 10.3 Å². The number of nitrogens with zero attached hydrogens (tertiary/aromatic N) is 4. The number of carbonyl (C=O) groups is 1. The molecule has 1 fully saturated rings. The summed E-state index contributed by atoms with van der Waals surface area (Å²) < 4.78 is 42.0. The molecular weight excluding hydrogens is 539 g/mol. The van der Waals surface area contributed by atoms with Crippen LogP contribution in [0.2, 0.25) is 0 Å². The van der Waals surface area contributed by atoms with E-state index in [9.17, 15) is 18.0 Å². The normalized spacial score (nSPS) is 14.9. The summed E-state index contributed by atoms with van der Waals surface area (Å²) in [6.45, 7) is 1.54. The molecule has 2 aliphatic carbocycles. The molecule has 3 aliphatic rings. The first-order valence-corrected chi connectivity index (χ1v) is 14.1. The van der Waals surface area contributed by atoms with Gasteiger partial charge in [0, 0.05) is 17.8 Å². The van der Waals surface area contributed by atoms with Crippen LogP contribution in [0, 0.1) is 0 Å². The molecule has 214 valence electrons. The van der Waals surface area contributed by atoms with E-state index in [0.717, 1.165) is 65.8 Å². The van der Waals surface area contributed by atoms with Gasteiger partial charge in [-0.3, -0.25) is 14.8 Å². The van der Waals surface area contributed by atoms with Gasteiger partial charge in [-0.1, -0.05) is 31.4 Å². The molecule has 0 bridgehead atoms. The summed E-state index contributed by atoms with van der Waals surface area (Å²) in [5.41, 5.74) is 5.00. The van der Waals surface area contributed by atoms with Crippen molar-refractivity contribution in [2.75, 3.05) is 5.32 Å². The highest BCUT2D eigenvalue weighted by molar-refractivity contribution is 5.84. The van der Waals surface area contributed by atoms with Gasteiger partial charge in [-0.05, 0) is 80.4 Å². The molecule has 0 amide bonds. The average Bonchev–Trinajstić information content (AvgIpc) is 2.97. The number of anilines is 2. The third-order valence-electron chi connectivity index (χ3n) is 7.58. The van der Waals surface area contributed by atoms with Crippen LogP contribution >= 0.6 is 0 Å². The smallest absolute Gasteiger partial charge is 0.352 e. The van der Waals surface area contributed by atoms with Crippen molar-refractivity contribution < 1.29 is 18.0 Å². The number of hydrogen-bond donors (Lipinski definition) is 1.